The Hall–Kier alpha value is -2.33. The van der Waals surface area contributed by atoms with Crippen molar-refractivity contribution in [2.45, 2.75) is 44.6 Å². The number of benzene rings is 1. The van der Waals surface area contributed by atoms with E-state index in [1.165, 1.54) is 0 Å². The number of sulfonamides is 1. The first-order valence-corrected chi connectivity index (χ1v) is 13.0. The highest BCUT2D eigenvalue weighted by atomic mass is 32.2. The molecule has 0 saturated carbocycles. The average Bonchev–Trinajstić information content (AvgIpc) is 3.15. The van der Waals surface area contributed by atoms with Gasteiger partial charge in [0, 0.05) is 38.3 Å². The van der Waals surface area contributed by atoms with E-state index in [1.807, 2.05) is 25.1 Å². The number of aromatic nitrogens is 3. The van der Waals surface area contributed by atoms with Gasteiger partial charge in [-0.1, -0.05) is 26.0 Å². The van der Waals surface area contributed by atoms with Gasteiger partial charge < -0.3 is 9.72 Å². The molecule has 0 unspecified atom stereocenters. The van der Waals surface area contributed by atoms with E-state index in [2.05, 4.69) is 38.4 Å². The molecule has 2 N–H and O–H groups in total. The van der Waals surface area contributed by atoms with Crippen molar-refractivity contribution >= 4 is 21.1 Å². The van der Waals surface area contributed by atoms with Crippen LogP contribution < -0.4 is 4.72 Å². The van der Waals surface area contributed by atoms with Crippen molar-refractivity contribution in [1.82, 2.24) is 24.6 Å². The van der Waals surface area contributed by atoms with E-state index in [1.54, 1.807) is 18.3 Å². The van der Waals surface area contributed by atoms with Gasteiger partial charge in [-0.25, -0.2) is 18.1 Å². The molecule has 9 heteroatoms. The fraction of sp³-hybridized carbons (Fsp3) is 0.500. The van der Waals surface area contributed by atoms with E-state index in [9.17, 15) is 8.42 Å². The van der Waals surface area contributed by atoms with Crippen LogP contribution in [-0.4, -0.2) is 67.2 Å². The summed E-state index contributed by atoms with van der Waals surface area (Å²) in [4.78, 5) is 14.8. The molecule has 1 aliphatic rings. The maximum Gasteiger partial charge on any atom is 0.240 e. The molecule has 8 nitrogen and oxygen atoms in total. The maximum atomic E-state index is 13.1. The summed E-state index contributed by atoms with van der Waals surface area (Å²) in [5.41, 5.74) is 3.70. The van der Waals surface area contributed by atoms with Crippen LogP contribution in [0.3, 0.4) is 0 Å². The highest BCUT2D eigenvalue weighted by Crippen LogP contribution is 2.19. The summed E-state index contributed by atoms with van der Waals surface area (Å²) in [6.45, 7) is 9.91. The molecule has 1 saturated heterocycles. The lowest BCUT2D eigenvalue weighted by molar-refractivity contribution is 0.0337. The van der Waals surface area contributed by atoms with Crippen molar-refractivity contribution < 1.29 is 13.2 Å². The van der Waals surface area contributed by atoms with Gasteiger partial charge >= 0.3 is 0 Å². The van der Waals surface area contributed by atoms with Crippen LogP contribution in [0.15, 0.2) is 41.4 Å². The summed E-state index contributed by atoms with van der Waals surface area (Å²) >= 11 is 0. The largest absolute Gasteiger partial charge is 0.379 e. The van der Waals surface area contributed by atoms with Crippen LogP contribution in [0.5, 0.6) is 0 Å². The monoisotopic (exact) mass is 471 g/mol. The Morgan fingerprint density at radius 3 is 2.58 bits per heavy atom. The van der Waals surface area contributed by atoms with Gasteiger partial charge in [-0.15, -0.1) is 0 Å². The second-order valence-electron chi connectivity index (χ2n) is 9.16. The van der Waals surface area contributed by atoms with Gasteiger partial charge in [-0.3, -0.25) is 9.88 Å². The number of morpholine rings is 1. The van der Waals surface area contributed by atoms with E-state index in [4.69, 9.17) is 4.74 Å². The molecule has 1 fully saturated rings. The lowest BCUT2D eigenvalue weighted by Gasteiger charge is -2.31. The molecule has 2 aromatic heterocycles. The Balaban J connectivity index is 1.46. The number of fused-ring (bicyclic) bond motifs is 1. The molecule has 4 rings (SSSR count). The second kappa shape index (κ2) is 10.3. The molecule has 178 valence electrons. The molecule has 33 heavy (non-hydrogen) atoms. The number of hydrogen-bond donors (Lipinski definition) is 2. The summed E-state index contributed by atoms with van der Waals surface area (Å²) in [5.74, 6) is 1.24. The zero-order valence-electron chi connectivity index (χ0n) is 19.5. The smallest absolute Gasteiger partial charge is 0.240 e. The molecule has 0 aliphatic carbocycles. The number of ether oxygens (including phenoxy) is 1. The normalized spacial score (nSPS) is 16.5. The highest BCUT2D eigenvalue weighted by molar-refractivity contribution is 7.89. The molecule has 1 atom stereocenters. The Kier molecular flexibility index (Phi) is 7.43. The van der Waals surface area contributed by atoms with Crippen LogP contribution in [0, 0.1) is 12.8 Å². The number of hydrogen-bond acceptors (Lipinski definition) is 6. The van der Waals surface area contributed by atoms with Crippen LogP contribution >= 0.6 is 0 Å². The van der Waals surface area contributed by atoms with Crippen molar-refractivity contribution in [2.75, 3.05) is 32.8 Å². The lowest BCUT2D eigenvalue weighted by atomic mass is 10.0. The maximum absolute atomic E-state index is 13.1. The lowest BCUT2D eigenvalue weighted by Crippen LogP contribution is -2.47. The molecule has 0 radical (unpaired) electrons. The molecule has 3 heterocycles. The Morgan fingerprint density at radius 1 is 1.15 bits per heavy atom. The number of nitrogens with one attached hydrogen (secondary N) is 2. The fourth-order valence-electron chi connectivity index (χ4n) is 4.34. The second-order valence-corrected chi connectivity index (χ2v) is 10.9. The third-order valence-corrected chi connectivity index (χ3v) is 7.40. The van der Waals surface area contributed by atoms with Crippen LogP contribution in [0.25, 0.3) is 11.0 Å². The third kappa shape index (κ3) is 6.17. The van der Waals surface area contributed by atoms with Crippen molar-refractivity contribution in [3.8, 4) is 0 Å². The molecule has 0 bridgehead atoms. The SMILES string of the molecule is Cc1nc2ccnc(Cc3ccc(S(=O)(=O)N[C@@H](CC(C)C)CN4CCOCC4)cc3)c2[nH]1. The molecule has 0 spiro atoms. The Labute approximate surface area is 195 Å². The predicted octanol–water partition coefficient (Wildman–Crippen LogP) is 2.88. The first-order chi connectivity index (χ1) is 15.8. The zero-order chi connectivity index (χ0) is 23.4. The zero-order valence-corrected chi connectivity index (χ0v) is 20.4. The van der Waals surface area contributed by atoms with E-state index in [0.29, 0.717) is 32.1 Å². The van der Waals surface area contributed by atoms with Crippen molar-refractivity contribution in [3.05, 3.63) is 53.6 Å². The molecular weight excluding hydrogens is 438 g/mol. The van der Waals surface area contributed by atoms with E-state index >= 15 is 0 Å². The topological polar surface area (TPSA) is 100 Å². The number of pyridine rings is 1. The van der Waals surface area contributed by atoms with E-state index < -0.39 is 10.0 Å². The third-order valence-electron chi connectivity index (χ3n) is 5.87. The summed E-state index contributed by atoms with van der Waals surface area (Å²) < 4.78 is 34.6. The van der Waals surface area contributed by atoms with Gasteiger partial charge in [0.05, 0.1) is 34.8 Å². The molecular formula is C24H33N5O3S. The van der Waals surface area contributed by atoms with Gasteiger partial charge in [-0.2, -0.15) is 0 Å². The number of aryl methyl sites for hydroxylation is 1. The quantitative estimate of drug-likeness (QED) is 0.498. The average molecular weight is 472 g/mol. The molecule has 1 aromatic carbocycles. The fourth-order valence-corrected chi connectivity index (χ4v) is 5.58. The summed E-state index contributed by atoms with van der Waals surface area (Å²) in [6, 6.07) is 8.82. The van der Waals surface area contributed by atoms with Crippen molar-refractivity contribution in [1.29, 1.82) is 0 Å². The summed E-state index contributed by atoms with van der Waals surface area (Å²) in [7, 11) is -3.62. The number of rotatable bonds is 9. The van der Waals surface area contributed by atoms with Crippen LogP contribution in [-0.2, 0) is 21.2 Å². The molecule has 0 amide bonds. The molecule has 3 aromatic rings. The number of imidazole rings is 1. The number of H-pyrrole nitrogens is 1. The summed E-state index contributed by atoms with van der Waals surface area (Å²) in [5, 5.41) is 0. The van der Waals surface area contributed by atoms with Crippen LogP contribution in [0.1, 0.15) is 37.4 Å². The summed E-state index contributed by atoms with van der Waals surface area (Å²) in [6.07, 6.45) is 3.14. The number of aromatic amines is 1. The van der Waals surface area contributed by atoms with Crippen LogP contribution in [0.2, 0.25) is 0 Å². The Morgan fingerprint density at radius 2 is 1.88 bits per heavy atom. The van der Waals surface area contributed by atoms with Gasteiger partial charge in [0.15, 0.2) is 0 Å². The minimum atomic E-state index is -3.62. The van der Waals surface area contributed by atoms with Crippen molar-refractivity contribution in [2.24, 2.45) is 5.92 Å². The minimum Gasteiger partial charge on any atom is -0.379 e. The van der Waals surface area contributed by atoms with E-state index in [0.717, 1.165) is 47.6 Å². The van der Waals surface area contributed by atoms with Gasteiger partial charge in [0.25, 0.3) is 0 Å². The highest BCUT2D eigenvalue weighted by Gasteiger charge is 2.24. The van der Waals surface area contributed by atoms with E-state index in [-0.39, 0.29) is 10.9 Å². The number of nitrogens with zero attached hydrogens (tertiary/aromatic N) is 3. The van der Waals surface area contributed by atoms with Crippen LogP contribution in [0.4, 0.5) is 0 Å². The first kappa shape index (κ1) is 23.8. The predicted molar refractivity (Wildman–Crippen MR) is 129 cm³/mol. The van der Waals surface area contributed by atoms with Gasteiger partial charge in [0.2, 0.25) is 10.0 Å². The van der Waals surface area contributed by atoms with Gasteiger partial charge in [-0.05, 0) is 43.0 Å². The Bertz CT molecular complexity index is 1170. The standard InChI is InChI=1S/C24H33N5O3S/c1-17(2)14-20(16-29-10-12-32-13-11-29)28-33(30,31)21-6-4-19(5-7-21)15-23-24-22(8-9-25-23)26-18(3)27-24/h4-9,17,20,28H,10-16H2,1-3H3,(H,26,27)/t20-/m0/s1. The van der Waals surface area contributed by atoms with Crippen molar-refractivity contribution in [3.63, 3.8) is 0 Å². The van der Waals surface area contributed by atoms with Gasteiger partial charge in [0.1, 0.15) is 5.82 Å². The first-order valence-electron chi connectivity index (χ1n) is 11.5. The molecule has 1 aliphatic heterocycles. The minimum absolute atomic E-state index is 0.141.